The summed E-state index contributed by atoms with van der Waals surface area (Å²) in [6.07, 6.45) is 3.65. The Hall–Kier alpha value is -1.33. The third-order valence-corrected chi connectivity index (χ3v) is 6.46. The fourth-order valence-corrected chi connectivity index (χ4v) is 4.70. The van der Waals surface area contributed by atoms with Crippen LogP contribution in [0.1, 0.15) is 36.9 Å². The van der Waals surface area contributed by atoms with Gasteiger partial charge in [-0.2, -0.15) is 0 Å². The van der Waals surface area contributed by atoms with Crippen molar-refractivity contribution in [3.63, 3.8) is 0 Å². The number of nitrogens with one attached hydrogen (secondary N) is 1. The number of nitrogens with zero attached hydrogens (tertiary/aromatic N) is 1. The Kier molecular flexibility index (Phi) is 3.80. The fourth-order valence-electron chi connectivity index (χ4n) is 3.15. The van der Waals surface area contributed by atoms with E-state index in [1.807, 2.05) is 13.1 Å². The van der Waals surface area contributed by atoms with Crippen LogP contribution < -0.4 is 4.72 Å². The molecule has 0 aliphatic heterocycles. The van der Waals surface area contributed by atoms with Gasteiger partial charge in [-0.1, -0.05) is 18.9 Å². The molecule has 0 amide bonds. The van der Waals surface area contributed by atoms with Crippen molar-refractivity contribution in [2.45, 2.75) is 44.4 Å². The molecule has 3 rings (SSSR count). The van der Waals surface area contributed by atoms with Gasteiger partial charge in [0.1, 0.15) is 0 Å². The third-order valence-electron chi connectivity index (χ3n) is 4.57. The van der Waals surface area contributed by atoms with Crippen LogP contribution in [-0.4, -0.2) is 18.2 Å². The van der Waals surface area contributed by atoms with Crippen LogP contribution in [0.5, 0.6) is 0 Å². The Labute approximate surface area is 126 Å². The molecule has 21 heavy (non-hydrogen) atoms. The lowest BCUT2D eigenvalue weighted by Gasteiger charge is -2.12. The van der Waals surface area contributed by atoms with Gasteiger partial charge in [0.05, 0.1) is 5.25 Å². The molecule has 0 spiro atoms. The number of rotatable bonds is 4. The van der Waals surface area contributed by atoms with Gasteiger partial charge in [-0.25, -0.2) is 13.1 Å². The molecular formula is C16H22N2O2S. The van der Waals surface area contributed by atoms with Crippen LogP contribution in [0, 0.1) is 6.92 Å². The average Bonchev–Trinajstić information content (AvgIpc) is 3.07. The summed E-state index contributed by atoms with van der Waals surface area (Å²) in [6, 6.07) is 8.25. The molecule has 0 saturated heterocycles. The molecule has 1 aromatic heterocycles. The highest BCUT2D eigenvalue weighted by molar-refractivity contribution is 7.90. The van der Waals surface area contributed by atoms with E-state index in [1.165, 1.54) is 11.2 Å². The predicted octanol–water partition coefficient (Wildman–Crippen LogP) is 2.85. The number of sulfonamides is 1. The minimum atomic E-state index is -3.17. The molecule has 4 nitrogen and oxygen atoms in total. The van der Waals surface area contributed by atoms with Crippen molar-refractivity contribution in [2.75, 3.05) is 0 Å². The van der Waals surface area contributed by atoms with Crippen LogP contribution >= 0.6 is 0 Å². The van der Waals surface area contributed by atoms with Gasteiger partial charge in [-0.15, -0.1) is 0 Å². The van der Waals surface area contributed by atoms with E-state index in [1.54, 1.807) is 0 Å². The monoisotopic (exact) mass is 306 g/mol. The summed E-state index contributed by atoms with van der Waals surface area (Å²) in [5.41, 5.74) is 3.39. The van der Waals surface area contributed by atoms with Crippen LogP contribution in [0.25, 0.3) is 10.9 Å². The SMILES string of the molecule is Cc1cc2cc(CNS(=O)(=O)C3CCCC3)ccc2n1C. The Bertz CT molecular complexity index is 756. The van der Waals surface area contributed by atoms with Crippen molar-refractivity contribution in [1.29, 1.82) is 0 Å². The van der Waals surface area contributed by atoms with E-state index in [0.29, 0.717) is 6.54 Å². The lowest BCUT2D eigenvalue weighted by Crippen LogP contribution is -2.32. The van der Waals surface area contributed by atoms with E-state index in [9.17, 15) is 8.42 Å². The maximum Gasteiger partial charge on any atom is 0.214 e. The molecule has 5 heteroatoms. The standard InChI is InChI=1S/C16H22N2O2S/c1-12-9-14-10-13(7-8-16(14)18(12)2)11-17-21(19,20)15-5-3-4-6-15/h7-10,15,17H,3-6,11H2,1-2H3. The Morgan fingerprint density at radius 3 is 2.67 bits per heavy atom. The molecular weight excluding hydrogens is 284 g/mol. The Balaban J connectivity index is 1.76. The van der Waals surface area contributed by atoms with Gasteiger partial charge in [0, 0.05) is 30.2 Å². The van der Waals surface area contributed by atoms with E-state index >= 15 is 0 Å². The summed E-state index contributed by atoms with van der Waals surface area (Å²) in [4.78, 5) is 0. The Morgan fingerprint density at radius 2 is 1.95 bits per heavy atom. The lowest BCUT2D eigenvalue weighted by atomic mass is 10.1. The largest absolute Gasteiger partial charge is 0.348 e. The minimum Gasteiger partial charge on any atom is -0.348 e. The zero-order valence-corrected chi connectivity index (χ0v) is 13.4. The molecule has 114 valence electrons. The lowest BCUT2D eigenvalue weighted by molar-refractivity contribution is 0.564. The maximum absolute atomic E-state index is 12.2. The van der Waals surface area contributed by atoms with Gasteiger partial charge < -0.3 is 4.57 Å². The third kappa shape index (κ3) is 2.85. The van der Waals surface area contributed by atoms with Crippen LogP contribution in [0.4, 0.5) is 0 Å². The molecule has 1 heterocycles. The molecule has 0 atom stereocenters. The van der Waals surface area contributed by atoms with Gasteiger partial charge in [-0.05, 0) is 43.5 Å². The molecule has 1 N–H and O–H groups in total. The second-order valence-electron chi connectivity index (χ2n) is 6.01. The molecule has 2 aromatic rings. The summed E-state index contributed by atoms with van der Waals surface area (Å²) >= 11 is 0. The van der Waals surface area contributed by atoms with Crippen molar-refractivity contribution in [3.05, 3.63) is 35.5 Å². The average molecular weight is 306 g/mol. The predicted molar refractivity (Wildman–Crippen MR) is 85.7 cm³/mol. The van der Waals surface area contributed by atoms with Crippen LogP contribution in [0.3, 0.4) is 0 Å². The molecule has 1 fully saturated rings. The summed E-state index contributed by atoms with van der Waals surface area (Å²) in [5, 5.41) is 0.966. The molecule has 0 bridgehead atoms. The number of fused-ring (bicyclic) bond motifs is 1. The highest BCUT2D eigenvalue weighted by atomic mass is 32.2. The molecule has 0 radical (unpaired) electrons. The fraction of sp³-hybridized carbons (Fsp3) is 0.500. The number of hydrogen-bond donors (Lipinski definition) is 1. The smallest absolute Gasteiger partial charge is 0.214 e. The first-order chi connectivity index (χ1) is 9.97. The topological polar surface area (TPSA) is 51.1 Å². The van der Waals surface area contributed by atoms with Crippen LogP contribution in [0.15, 0.2) is 24.3 Å². The van der Waals surface area contributed by atoms with Gasteiger partial charge in [0.25, 0.3) is 0 Å². The second-order valence-corrected chi connectivity index (χ2v) is 8.06. The van der Waals surface area contributed by atoms with Crippen LogP contribution in [-0.2, 0) is 23.6 Å². The number of benzene rings is 1. The first kappa shape index (κ1) is 14.6. The van der Waals surface area contributed by atoms with Gasteiger partial charge >= 0.3 is 0 Å². The van der Waals surface area contributed by atoms with Crippen molar-refractivity contribution in [2.24, 2.45) is 7.05 Å². The second kappa shape index (κ2) is 5.46. The van der Waals surface area contributed by atoms with Crippen molar-refractivity contribution in [3.8, 4) is 0 Å². The van der Waals surface area contributed by atoms with Crippen LogP contribution in [0.2, 0.25) is 0 Å². The van der Waals surface area contributed by atoms with E-state index in [0.717, 1.165) is 36.6 Å². The summed E-state index contributed by atoms with van der Waals surface area (Å²) in [7, 11) is -1.13. The first-order valence-corrected chi connectivity index (χ1v) is 9.05. The normalized spacial score (nSPS) is 16.9. The number of hydrogen-bond acceptors (Lipinski definition) is 2. The minimum absolute atomic E-state index is 0.194. The zero-order valence-electron chi connectivity index (χ0n) is 12.6. The summed E-state index contributed by atoms with van der Waals surface area (Å²) in [5.74, 6) is 0. The van der Waals surface area contributed by atoms with E-state index in [4.69, 9.17) is 0 Å². The molecule has 1 aliphatic carbocycles. The molecule has 1 aliphatic rings. The summed E-state index contributed by atoms with van der Waals surface area (Å²) in [6.45, 7) is 2.45. The maximum atomic E-state index is 12.2. The summed E-state index contributed by atoms with van der Waals surface area (Å²) < 4.78 is 29.3. The van der Waals surface area contributed by atoms with Gasteiger partial charge in [0.15, 0.2) is 0 Å². The van der Waals surface area contributed by atoms with E-state index < -0.39 is 10.0 Å². The Morgan fingerprint density at radius 1 is 1.24 bits per heavy atom. The molecule has 0 unspecified atom stereocenters. The quantitative estimate of drug-likeness (QED) is 0.944. The highest BCUT2D eigenvalue weighted by Crippen LogP contribution is 2.24. The van der Waals surface area contributed by atoms with Crippen molar-refractivity contribution in [1.82, 2.24) is 9.29 Å². The van der Waals surface area contributed by atoms with E-state index in [2.05, 4.69) is 34.4 Å². The van der Waals surface area contributed by atoms with Gasteiger partial charge in [-0.3, -0.25) is 0 Å². The zero-order chi connectivity index (χ0) is 15.0. The first-order valence-electron chi connectivity index (χ1n) is 7.51. The van der Waals surface area contributed by atoms with Crippen molar-refractivity contribution >= 4 is 20.9 Å². The number of aromatic nitrogens is 1. The molecule has 1 saturated carbocycles. The molecule has 1 aromatic carbocycles. The number of aryl methyl sites for hydroxylation is 2. The van der Waals surface area contributed by atoms with E-state index in [-0.39, 0.29) is 5.25 Å². The van der Waals surface area contributed by atoms with Gasteiger partial charge in [0.2, 0.25) is 10.0 Å². The highest BCUT2D eigenvalue weighted by Gasteiger charge is 2.28. The van der Waals surface area contributed by atoms with Crippen molar-refractivity contribution < 1.29 is 8.42 Å².